The quantitative estimate of drug-likeness (QED) is 0.908. The molecule has 1 amide bonds. The third kappa shape index (κ3) is 2.27. The Morgan fingerprint density at radius 1 is 1.45 bits per heavy atom. The topological polar surface area (TPSA) is 75.4 Å². The molecule has 0 aromatic carbocycles. The lowest BCUT2D eigenvalue weighted by molar-refractivity contribution is 0.0857. The Morgan fingerprint density at radius 2 is 2.32 bits per heavy atom. The summed E-state index contributed by atoms with van der Waals surface area (Å²) in [6.45, 7) is 0.154. The van der Waals surface area contributed by atoms with Crippen molar-refractivity contribution in [2.24, 2.45) is 17.8 Å². The molecule has 4 atom stereocenters. The molecule has 2 aromatic heterocycles. The predicted octanol–water partition coefficient (Wildman–Crippen LogP) is 2.54. The molecule has 0 spiro atoms. The molecule has 2 N–H and O–H groups in total. The van der Waals surface area contributed by atoms with E-state index in [1.165, 1.54) is 17.8 Å². The van der Waals surface area contributed by atoms with Gasteiger partial charge in [0.15, 0.2) is 10.8 Å². The zero-order valence-corrected chi connectivity index (χ0v) is 12.9. The highest BCUT2D eigenvalue weighted by molar-refractivity contribution is 7.13. The van der Waals surface area contributed by atoms with Crippen molar-refractivity contribution in [2.75, 3.05) is 6.61 Å². The number of carbonyl (C=O) groups excluding carboxylic acids is 1. The smallest absolute Gasteiger partial charge is 0.271 e. The standard InChI is InChI=1S/C16H18N2O3S/c19-7-11-9-3-4-10(6-9)14(11)18-15(20)12-8-22-16(17-12)13-2-1-5-21-13/h1-2,5,8-11,14,19H,3-4,6-7H2,(H,18,20). The summed E-state index contributed by atoms with van der Waals surface area (Å²) in [7, 11) is 0. The van der Waals surface area contributed by atoms with Crippen LogP contribution in [-0.2, 0) is 0 Å². The number of thiazole rings is 1. The highest BCUT2D eigenvalue weighted by Crippen LogP contribution is 2.48. The number of aliphatic hydroxyl groups excluding tert-OH is 1. The van der Waals surface area contributed by atoms with E-state index in [-0.39, 0.29) is 24.5 Å². The minimum Gasteiger partial charge on any atom is -0.462 e. The fourth-order valence-corrected chi connectivity index (χ4v) is 4.78. The molecule has 5 nitrogen and oxygen atoms in total. The van der Waals surface area contributed by atoms with Gasteiger partial charge in [-0.2, -0.15) is 0 Å². The summed E-state index contributed by atoms with van der Waals surface area (Å²) < 4.78 is 5.30. The SMILES string of the molecule is O=C(NC1C2CCC(C2)C1CO)c1csc(-c2ccco2)n1. The van der Waals surface area contributed by atoms with Crippen LogP contribution >= 0.6 is 11.3 Å². The maximum absolute atomic E-state index is 12.4. The lowest BCUT2D eigenvalue weighted by Gasteiger charge is -2.30. The third-order valence-corrected chi connectivity index (χ3v) is 5.92. The van der Waals surface area contributed by atoms with Gasteiger partial charge >= 0.3 is 0 Å². The number of aromatic nitrogens is 1. The molecule has 0 saturated heterocycles. The molecule has 6 heteroatoms. The lowest BCUT2D eigenvalue weighted by Crippen LogP contribution is -2.45. The van der Waals surface area contributed by atoms with E-state index in [4.69, 9.17) is 4.42 Å². The van der Waals surface area contributed by atoms with Gasteiger partial charge in [0, 0.05) is 23.9 Å². The van der Waals surface area contributed by atoms with Crippen LogP contribution in [0.1, 0.15) is 29.8 Å². The number of hydrogen-bond donors (Lipinski definition) is 2. The van der Waals surface area contributed by atoms with Crippen LogP contribution in [0, 0.1) is 17.8 Å². The van der Waals surface area contributed by atoms with Crippen LogP contribution < -0.4 is 5.32 Å². The van der Waals surface area contributed by atoms with Gasteiger partial charge in [-0.1, -0.05) is 0 Å². The minimum atomic E-state index is -0.148. The number of amides is 1. The molecule has 2 heterocycles. The number of furan rings is 1. The number of aliphatic hydroxyl groups is 1. The maximum Gasteiger partial charge on any atom is 0.271 e. The Labute approximate surface area is 132 Å². The summed E-state index contributed by atoms with van der Waals surface area (Å²) in [5.74, 6) is 1.80. The Morgan fingerprint density at radius 3 is 3.09 bits per heavy atom. The van der Waals surface area contributed by atoms with Crippen LogP contribution in [0.3, 0.4) is 0 Å². The van der Waals surface area contributed by atoms with E-state index in [0.29, 0.717) is 28.3 Å². The molecular weight excluding hydrogens is 300 g/mol. The van der Waals surface area contributed by atoms with E-state index in [0.717, 1.165) is 12.8 Å². The number of fused-ring (bicyclic) bond motifs is 2. The van der Waals surface area contributed by atoms with Crippen molar-refractivity contribution < 1.29 is 14.3 Å². The van der Waals surface area contributed by atoms with Crippen LogP contribution in [0.15, 0.2) is 28.2 Å². The first-order chi connectivity index (χ1) is 10.8. The summed E-state index contributed by atoms with van der Waals surface area (Å²) in [6, 6.07) is 3.72. The van der Waals surface area contributed by atoms with E-state index in [2.05, 4.69) is 10.3 Å². The molecule has 4 unspecified atom stereocenters. The summed E-state index contributed by atoms with van der Waals surface area (Å²) in [4.78, 5) is 16.8. The Bertz CT molecular complexity index is 667. The molecule has 4 rings (SSSR count). The van der Waals surface area contributed by atoms with E-state index >= 15 is 0 Å². The number of nitrogens with one attached hydrogen (secondary N) is 1. The number of hydrogen-bond acceptors (Lipinski definition) is 5. The molecule has 2 fully saturated rings. The fraction of sp³-hybridized carbons (Fsp3) is 0.500. The highest BCUT2D eigenvalue weighted by Gasteiger charge is 2.47. The molecule has 2 aromatic rings. The Hall–Kier alpha value is -1.66. The highest BCUT2D eigenvalue weighted by atomic mass is 32.1. The molecule has 22 heavy (non-hydrogen) atoms. The third-order valence-electron chi connectivity index (χ3n) is 5.07. The second kappa shape index (κ2) is 5.52. The summed E-state index contributed by atoms with van der Waals surface area (Å²) in [5.41, 5.74) is 0.427. The molecule has 2 aliphatic carbocycles. The van der Waals surface area contributed by atoms with Crippen molar-refractivity contribution in [3.63, 3.8) is 0 Å². The zero-order valence-electron chi connectivity index (χ0n) is 12.1. The van der Waals surface area contributed by atoms with E-state index in [1.807, 2.05) is 6.07 Å². The van der Waals surface area contributed by atoms with E-state index in [9.17, 15) is 9.90 Å². The van der Waals surface area contributed by atoms with Gasteiger partial charge in [0.25, 0.3) is 5.91 Å². The van der Waals surface area contributed by atoms with Gasteiger partial charge < -0.3 is 14.8 Å². The van der Waals surface area contributed by atoms with Gasteiger partial charge in [-0.15, -0.1) is 11.3 Å². The number of nitrogens with zero attached hydrogens (tertiary/aromatic N) is 1. The lowest BCUT2D eigenvalue weighted by atomic mass is 9.85. The summed E-state index contributed by atoms with van der Waals surface area (Å²) in [5, 5.41) is 15.2. The van der Waals surface area contributed by atoms with Crippen LogP contribution in [0.2, 0.25) is 0 Å². The van der Waals surface area contributed by atoms with Crippen LogP contribution in [0.25, 0.3) is 10.8 Å². The molecule has 2 bridgehead atoms. The van der Waals surface area contributed by atoms with Crippen LogP contribution in [0.4, 0.5) is 0 Å². The normalized spacial score (nSPS) is 29.9. The van der Waals surface area contributed by atoms with E-state index < -0.39 is 0 Å². The average Bonchev–Trinajstić information content (AvgIpc) is 3.28. The second-order valence-corrected chi connectivity index (χ2v) is 7.05. The molecule has 116 valence electrons. The maximum atomic E-state index is 12.4. The van der Waals surface area contributed by atoms with Gasteiger partial charge in [0.2, 0.25) is 0 Å². The van der Waals surface area contributed by atoms with Crippen molar-refractivity contribution in [3.05, 3.63) is 29.5 Å². The van der Waals surface area contributed by atoms with Crippen molar-refractivity contribution in [1.82, 2.24) is 10.3 Å². The van der Waals surface area contributed by atoms with Crippen LogP contribution in [-0.4, -0.2) is 28.6 Å². The van der Waals surface area contributed by atoms with Crippen molar-refractivity contribution in [1.29, 1.82) is 0 Å². The van der Waals surface area contributed by atoms with Gasteiger partial charge in [-0.25, -0.2) is 4.98 Å². The molecule has 2 aliphatic rings. The largest absolute Gasteiger partial charge is 0.462 e. The zero-order chi connectivity index (χ0) is 15.1. The Kier molecular flexibility index (Phi) is 3.50. The molecule has 0 aliphatic heterocycles. The monoisotopic (exact) mass is 318 g/mol. The van der Waals surface area contributed by atoms with Crippen LogP contribution in [0.5, 0.6) is 0 Å². The minimum absolute atomic E-state index is 0.0880. The first-order valence-electron chi connectivity index (χ1n) is 7.67. The van der Waals surface area contributed by atoms with Crippen molar-refractivity contribution >= 4 is 17.2 Å². The van der Waals surface area contributed by atoms with E-state index in [1.54, 1.807) is 17.7 Å². The Balaban J connectivity index is 1.48. The van der Waals surface area contributed by atoms with Crippen molar-refractivity contribution in [2.45, 2.75) is 25.3 Å². The molecule has 2 saturated carbocycles. The predicted molar refractivity (Wildman–Crippen MR) is 82.5 cm³/mol. The average molecular weight is 318 g/mol. The van der Waals surface area contributed by atoms with Gasteiger partial charge in [-0.3, -0.25) is 4.79 Å². The summed E-state index contributed by atoms with van der Waals surface area (Å²) in [6.07, 6.45) is 5.06. The number of rotatable bonds is 4. The van der Waals surface area contributed by atoms with Gasteiger partial charge in [0.1, 0.15) is 5.69 Å². The number of carbonyl (C=O) groups is 1. The van der Waals surface area contributed by atoms with Gasteiger partial charge in [0.05, 0.1) is 6.26 Å². The summed E-state index contributed by atoms with van der Waals surface area (Å²) >= 11 is 1.40. The molecule has 0 radical (unpaired) electrons. The second-order valence-electron chi connectivity index (χ2n) is 6.19. The molecular formula is C16H18N2O3S. The first-order valence-corrected chi connectivity index (χ1v) is 8.55. The first kappa shape index (κ1) is 14.0. The van der Waals surface area contributed by atoms with Crippen molar-refractivity contribution in [3.8, 4) is 10.8 Å². The van der Waals surface area contributed by atoms with Gasteiger partial charge in [-0.05, 0) is 43.2 Å². The fourth-order valence-electron chi connectivity index (χ4n) is 4.01.